The predicted molar refractivity (Wildman–Crippen MR) is 70.2 cm³/mol. The molecule has 0 spiro atoms. The van der Waals surface area contributed by atoms with E-state index in [-0.39, 0.29) is 0 Å². The summed E-state index contributed by atoms with van der Waals surface area (Å²) in [5.41, 5.74) is 2.61. The second-order valence-electron chi connectivity index (χ2n) is 3.96. The van der Waals surface area contributed by atoms with E-state index in [1.54, 1.807) is 23.5 Å². The number of hydrogen-bond donors (Lipinski definition) is 1. The molecule has 0 saturated carbocycles. The van der Waals surface area contributed by atoms with Crippen LogP contribution in [0.4, 0.5) is 0 Å². The summed E-state index contributed by atoms with van der Waals surface area (Å²) in [6, 6.07) is 7.18. The van der Waals surface area contributed by atoms with Crippen molar-refractivity contribution in [2.75, 3.05) is 0 Å². The van der Waals surface area contributed by atoms with Gasteiger partial charge >= 0.3 is 5.97 Å². The lowest BCUT2D eigenvalue weighted by molar-refractivity contribution is 0.0699. The maximum absolute atomic E-state index is 11.2. The highest BCUT2D eigenvalue weighted by Gasteiger charge is 2.16. The van der Waals surface area contributed by atoms with Crippen LogP contribution >= 0.6 is 11.3 Å². The van der Waals surface area contributed by atoms with Gasteiger partial charge in [0.05, 0.1) is 27.5 Å². The lowest BCUT2D eigenvalue weighted by Crippen LogP contribution is -1.94. The SMILES string of the molecule is Cc1nc(-c2cc(C(=O)O)c3ccccn23)cs1. The molecule has 0 aliphatic rings. The van der Waals surface area contributed by atoms with E-state index in [1.165, 1.54) is 0 Å². The van der Waals surface area contributed by atoms with E-state index >= 15 is 0 Å². The molecule has 4 nitrogen and oxygen atoms in total. The van der Waals surface area contributed by atoms with Crippen molar-refractivity contribution in [1.29, 1.82) is 0 Å². The molecular formula is C13H10N2O2S. The Bertz CT molecular complexity index is 742. The Kier molecular flexibility index (Phi) is 2.41. The first kappa shape index (κ1) is 11.0. The molecule has 3 aromatic rings. The largest absolute Gasteiger partial charge is 0.478 e. The fourth-order valence-electron chi connectivity index (χ4n) is 2.00. The van der Waals surface area contributed by atoms with Crippen LogP contribution in [0.2, 0.25) is 0 Å². The van der Waals surface area contributed by atoms with E-state index in [4.69, 9.17) is 0 Å². The van der Waals surface area contributed by atoms with Gasteiger partial charge in [-0.25, -0.2) is 9.78 Å². The second-order valence-corrected chi connectivity index (χ2v) is 5.02. The lowest BCUT2D eigenvalue weighted by atomic mass is 10.2. The molecule has 0 unspecified atom stereocenters. The number of carboxylic acids is 1. The standard InChI is InChI=1S/C13H10N2O2S/c1-8-14-10(7-18-8)12-6-9(13(16)17)11-4-2-3-5-15(11)12/h2-7H,1H3,(H,16,17). The van der Waals surface area contributed by atoms with Gasteiger partial charge in [-0.3, -0.25) is 0 Å². The van der Waals surface area contributed by atoms with Gasteiger partial charge in [-0.15, -0.1) is 11.3 Å². The van der Waals surface area contributed by atoms with Gasteiger partial charge in [0.1, 0.15) is 0 Å². The maximum Gasteiger partial charge on any atom is 0.337 e. The molecule has 0 aromatic carbocycles. The normalized spacial score (nSPS) is 10.9. The van der Waals surface area contributed by atoms with Crippen LogP contribution in [-0.2, 0) is 0 Å². The van der Waals surface area contributed by atoms with Gasteiger partial charge in [-0.05, 0) is 25.1 Å². The molecule has 0 bridgehead atoms. The van der Waals surface area contributed by atoms with Crippen molar-refractivity contribution in [3.63, 3.8) is 0 Å². The number of carboxylic acid groups (broad SMARTS) is 1. The Morgan fingerprint density at radius 1 is 1.44 bits per heavy atom. The molecule has 0 saturated heterocycles. The summed E-state index contributed by atoms with van der Waals surface area (Å²) in [6.07, 6.45) is 1.85. The number of nitrogens with zero attached hydrogens (tertiary/aromatic N) is 2. The smallest absolute Gasteiger partial charge is 0.337 e. The Labute approximate surface area is 107 Å². The fraction of sp³-hybridized carbons (Fsp3) is 0.0769. The van der Waals surface area contributed by atoms with Crippen molar-refractivity contribution in [2.24, 2.45) is 0 Å². The maximum atomic E-state index is 11.2. The first-order chi connectivity index (χ1) is 8.66. The zero-order valence-corrected chi connectivity index (χ0v) is 10.4. The molecule has 3 rings (SSSR count). The summed E-state index contributed by atoms with van der Waals surface area (Å²) >= 11 is 1.55. The Morgan fingerprint density at radius 2 is 2.28 bits per heavy atom. The number of aromatic nitrogens is 2. The van der Waals surface area contributed by atoms with Crippen molar-refractivity contribution in [3.8, 4) is 11.4 Å². The minimum absolute atomic E-state index is 0.302. The zero-order valence-electron chi connectivity index (χ0n) is 9.62. The Balaban J connectivity index is 2.33. The number of fused-ring (bicyclic) bond motifs is 1. The number of thiazole rings is 1. The average molecular weight is 258 g/mol. The molecule has 90 valence electrons. The number of carbonyl (C=O) groups is 1. The minimum Gasteiger partial charge on any atom is -0.478 e. The molecule has 5 heteroatoms. The van der Waals surface area contributed by atoms with E-state index in [0.717, 1.165) is 16.4 Å². The summed E-state index contributed by atoms with van der Waals surface area (Å²) < 4.78 is 1.86. The Morgan fingerprint density at radius 3 is 2.94 bits per heavy atom. The molecule has 0 atom stereocenters. The molecule has 18 heavy (non-hydrogen) atoms. The van der Waals surface area contributed by atoms with Crippen LogP contribution in [0.3, 0.4) is 0 Å². The molecule has 0 aliphatic carbocycles. The minimum atomic E-state index is -0.920. The summed E-state index contributed by atoms with van der Waals surface area (Å²) in [5, 5.41) is 12.1. The highest BCUT2D eigenvalue weighted by molar-refractivity contribution is 7.09. The number of aromatic carboxylic acids is 1. The second kappa shape index (κ2) is 3.96. The molecule has 0 aliphatic heterocycles. The van der Waals surface area contributed by atoms with Crippen LogP contribution in [-0.4, -0.2) is 20.5 Å². The third kappa shape index (κ3) is 1.60. The number of pyridine rings is 1. The third-order valence-electron chi connectivity index (χ3n) is 2.79. The van der Waals surface area contributed by atoms with Crippen molar-refractivity contribution < 1.29 is 9.90 Å². The van der Waals surface area contributed by atoms with Gasteiger partial charge in [-0.1, -0.05) is 6.07 Å². The molecule has 1 N–H and O–H groups in total. The topological polar surface area (TPSA) is 54.6 Å². The van der Waals surface area contributed by atoms with Crippen LogP contribution in [0.25, 0.3) is 16.9 Å². The van der Waals surface area contributed by atoms with E-state index in [9.17, 15) is 9.90 Å². The van der Waals surface area contributed by atoms with Gasteiger partial charge < -0.3 is 9.51 Å². The molecule has 0 fully saturated rings. The summed E-state index contributed by atoms with van der Waals surface area (Å²) in [7, 11) is 0. The van der Waals surface area contributed by atoms with Gasteiger partial charge in [0, 0.05) is 11.6 Å². The molecular weight excluding hydrogens is 248 g/mol. The number of rotatable bonds is 2. The highest BCUT2D eigenvalue weighted by Crippen LogP contribution is 2.27. The molecule has 0 amide bonds. The van der Waals surface area contributed by atoms with Gasteiger partial charge in [0.2, 0.25) is 0 Å². The predicted octanol–water partition coefficient (Wildman–Crippen LogP) is 3.07. The first-order valence-corrected chi connectivity index (χ1v) is 6.30. The summed E-state index contributed by atoms with van der Waals surface area (Å²) in [5.74, 6) is -0.920. The number of hydrogen-bond acceptors (Lipinski definition) is 3. The van der Waals surface area contributed by atoms with Crippen molar-refractivity contribution in [1.82, 2.24) is 9.38 Å². The van der Waals surface area contributed by atoms with Gasteiger partial charge in [0.25, 0.3) is 0 Å². The van der Waals surface area contributed by atoms with Crippen molar-refractivity contribution in [2.45, 2.75) is 6.92 Å². The fourth-order valence-corrected chi connectivity index (χ4v) is 2.61. The van der Waals surface area contributed by atoms with E-state index in [0.29, 0.717) is 11.1 Å². The van der Waals surface area contributed by atoms with Crippen molar-refractivity contribution >= 4 is 22.8 Å². The monoisotopic (exact) mass is 258 g/mol. The van der Waals surface area contributed by atoms with Crippen LogP contribution in [0.5, 0.6) is 0 Å². The van der Waals surface area contributed by atoms with Gasteiger partial charge in [-0.2, -0.15) is 0 Å². The number of aryl methyl sites for hydroxylation is 1. The summed E-state index contributed by atoms with van der Waals surface area (Å²) in [4.78, 5) is 15.6. The third-order valence-corrected chi connectivity index (χ3v) is 3.56. The Hall–Kier alpha value is -2.14. The van der Waals surface area contributed by atoms with Crippen LogP contribution in [0.1, 0.15) is 15.4 Å². The van der Waals surface area contributed by atoms with Gasteiger partial charge in [0.15, 0.2) is 0 Å². The van der Waals surface area contributed by atoms with Crippen molar-refractivity contribution in [3.05, 3.63) is 46.4 Å². The summed E-state index contributed by atoms with van der Waals surface area (Å²) in [6.45, 7) is 1.93. The van der Waals surface area contributed by atoms with Crippen LogP contribution < -0.4 is 0 Å². The first-order valence-electron chi connectivity index (χ1n) is 5.42. The molecule has 0 radical (unpaired) electrons. The van der Waals surface area contributed by atoms with E-state index in [2.05, 4.69) is 4.98 Å². The average Bonchev–Trinajstić information content (AvgIpc) is 2.92. The molecule has 3 heterocycles. The van der Waals surface area contributed by atoms with E-state index in [1.807, 2.05) is 35.0 Å². The highest BCUT2D eigenvalue weighted by atomic mass is 32.1. The quantitative estimate of drug-likeness (QED) is 0.768. The van der Waals surface area contributed by atoms with E-state index < -0.39 is 5.97 Å². The van der Waals surface area contributed by atoms with Crippen LogP contribution in [0.15, 0.2) is 35.8 Å². The zero-order chi connectivity index (χ0) is 12.7. The van der Waals surface area contributed by atoms with Crippen LogP contribution in [0, 0.1) is 6.92 Å². The molecule has 3 aromatic heterocycles. The lowest BCUT2D eigenvalue weighted by Gasteiger charge is -1.98.